The van der Waals surface area contributed by atoms with Crippen molar-refractivity contribution in [3.8, 4) is 0 Å². The van der Waals surface area contributed by atoms with E-state index in [0.717, 1.165) is 33.2 Å². The van der Waals surface area contributed by atoms with Crippen LogP contribution in [-0.4, -0.2) is 17.6 Å². The smallest absolute Gasteiger partial charge is 0.149 e. The molecule has 104 valence electrons. The summed E-state index contributed by atoms with van der Waals surface area (Å²) in [6.45, 7) is 1.21. The molecule has 20 heavy (non-hydrogen) atoms. The summed E-state index contributed by atoms with van der Waals surface area (Å²) < 4.78 is 20.6. The number of hydrogen-bond acceptors (Lipinski definition) is 3. The molecule has 0 amide bonds. The summed E-state index contributed by atoms with van der Waals surface area (Å²) >= 11 is 3.53. The molecule has 1 aromatic heterocycles. The molecule has 0 atom stereocenters. The average molecular weight is 337 g/mol. The highest BCUT2D eigenvalue weighted by Gasteiger charge is 2.27. The highest BCUT2D eigenvalue weighted by Crippen LogP contribution is 2.39. The van der Waals surface area contributed by atoms with Gasteiger partial charge in [0, 0.05) is 27.9 Å². The van der Waals surface area contributed by atoms with E-state index in [1.54, 1.807) is 6.07 Å². The summed E-state index contributed by atoms with van der Waals surface area (Å²) in [7, 11) is 0. The molecule has 4 rings (SSSR count). The molecule has 0 saturated heterocycles. The quantitative estimate of drug-likeness (QED) is 0.906. The molecule has 1 aliphatic carbocycles. The van der Waals surface area contributed by atoms with Crippen LogP contribution in [0.4, 0.5) is 10.1 Å². The van der Waals surface area contributed by atoms with E-state index < -0.39 is 0 Å². The highest BCUT2D eigenvalue weighted by atomic mass is 79.9. The molecule has 1 saturated carbocycles. The number of fused-ring (bicyclic) bond motifs is 2. The third-order valence-electron chi connectivity index (χ3n) is 3.88. The second-order valence-electron chi connectivity index (χ2n) is 5.39. The number of nitrogens with zero attached hydrogens (tertiary/aromatic N) is 1. The topological polar surface area (TPSA) is 34.2 Å². The van der Waals surface area contributed by atoms with E-state index in [4.69, 9.17) is 4.74 Å². The Morgan fingerprint density at radius 1 is 1.35 bits per heavy atom. The van der Waals surface area contributed by atoms with Crippen molar-refractivity contribution >= 4 is 32.5 Å². The van der Waals surface area contributed by atoms with Gasteiger partial charge in [-0.15, -0.1) is 0 Å². The predicted octanol–water partition coefficient (Wildman–Crippen LogP) is 3.78. The lowest BCUT2D eigenvalue weighted by molar-refractivity contribution is 0.110. The molecule has 0 spiro atoms. The Labute approximate surface area is 124 Å². The Hall–Kier alpha value is -1.20. The van der Waals surface area contributed by atoms with Gasteiger partial charge in [-0.25, -0.2) is 9.37 Å². The maximum atomic E-state index is 14.1. The van der Waals surface area contributed by atoms with Crippen molar-refractivity contribution in [2.24, 2.45) is 0 Å². The van der Waals surface area contributed by atoms with Crippen LogP contribution in [0.1, 0.15) is 24.1 Å². The fourth-order valence-corrected chi connectivity index (χ4v) is 3.20. The molecule has 2 aromatic rings. The van der Waals surface area contributed by atoms with Crippen LogP contribution in [0.3, 0.4) is 0 Å². The van der Waals surface area contributed by atoms with Gasteiger partial charge in [0.2, 0.25) is 0 Å². The van der Waals surface area contributed by atoms with Crippen molar-refractivity contribution < 1.29 is 9.13 Å². The number of aromatic nitrogens is 1. The molecule has 2 aliphatic rings. The number of pyridine rings is 1. The van der Waals surface area contributed by atoms with Crippen LogP contribution in [0.25, 0.3) is 10.9 Å². The van der Waals surface area contributed by atoms with Gasteiger partial charge in [0.1, 0.15) is 11.3 Å². The zero-order valence-electron chi connectivity index (χ0n) is 10.9. The summed E-state index contributed by atoms with van der Waals surface area (Å²) in [5.41, 5.74) is 3.49. The van der Waals surface area contributed by atoms with Crippen molar-refractivity contribution in [1.82, 2.24) is 4.98 Å². The molecule has 0 unspecified atom stereocenters. The van der Waals surface area contributed by atoms with E-state index >= 15 is 0 Å². The van der Waals surface area contributed by atoms with E-state index in [0.29, 0.717) is 24.8 Å². The minimum Gasteiger partial charge on any atom is -0.381 e. The summed E-state index contributed by atoms with van der Waals surface area (Å²) in [6.07, 6.45) is 3.09. The number of halogens is 2. The lowest BCUT2D eigenvalue weighted by Gasteiger charge is -2.22. The van der Waals surface area contributed by atoms with Gasteiger partial charge in [-0.2, -0.15) is 0 Å². The van der Waals surface area contributed by atoms with E-state index in [9.17, 15) is 4.39 Å². The molecule has 0 bridgehead atoms. The zero-order valence-corrected chi connectivity index (χ0v) is 12.5. The number of nitrogens with one attached hydrogen (secondary N) is 1. The van der Waals surface area contributed by atoms with Crippen molar-refractivity contribution in [2.45, 2.75) is 31.9 Å². The zero-order chi connectivity index (χ0) is 13.7. The van der Waals surface area contributed by atoms with Crippen molar-refractivity contribution in [2.75, 3.05) is 11.9 Å². The van der Waals surface area contributed by atoms with Gasteiger partial charge in [0.15, 0.2) is 0 Å². The van der Waals surface area contributed by atoms with E-state index in [2.05, 4.69) is 26.2 Å². The van der Waals surface area contributed by atoms with Gasteiger partial charge >= 0.3 is 0 Å². The maximum Gasteiger partial charge on any atom is 0.149 e. The number of hydrogen-bond donors (Lipinski definition) is 1. The first-order valence-corrected chi connectivity index (χ1v) is 7.67. The van der Waals surface area contributed by atoms with Gasteiger partial charge in [0.05, 0.1) is 24.6 Å². The van der Waals surface area contributed by atoms with Crippen molar-refractivity contribution in [1.29, 1.82) is 0 Å². The van der Waals surface area contributed by atoms with E-state index in [-0.39, 0.29) is 5.82 Å². The number of rotatable bonds is 2. The lowest BCUT2D eigenvalue weighted by atomic mass is 10.0. The maximum absolute atomic E-state index is 14.1. The van der Waals surface area contributed by atoms with Crippen LogP contribution >= 0.6 is 15.9 Å². The van der Waals surface area contributed by atoms with Crippen LogP contribution < -0.4 is 5.32 Å². The second-order valence-corrected chi connectivity index (χ2v) is 6.24. The Kier molecular flexibility index (Phi) is 2.93. The first kappa shape index (κ1) is 12.5. The average Bonchev–Trinajstić information content (AvgIpc) is 3.27. The molecule has 1 N–H and O–H groups in total. The SMILES string of the molecule is Fc1ccc(Br)c2c(NC3CC3)c3c(nc12)CCOC3. The largest absolute Gasteiger partial charge is 0.381 e. The molecule has 1 aliphatic heterocycles. The second kappa shape index (κ2) is 4.67. The number of ether oxygens (including phenoxy) is 1. The van der Waals surface area contributed by atoms with Crippen LogP contribution in [0, 0.1) is 5.82 Å². The first-order valence-electron chi connectivity index (χ1n) is 6.88. The molecule has 1 aromatic carbocycles. The summed E-state index contributed by atoms with van der Waals surface area (Å²) in [5, 5.41) is 4.37. The molecule has 3 nitrogen and oxygen atoms in total. The van der Waals surface area contributed by atoms with Crippen LogP contribution in [0.2, 0.25) is 0 Å². The molecular weight excluding hydrogens is 323 g/mol. The fraction of sp³-hybridized carbons (Fsp3) is 0.400. The monoisotopic (exact) mass is 336 g/mol. The standard InChI is InChI=1S/C15H14BrFN2O/c16-10-3-4-11(17)15-13(10)14(18-8-1-2-8)9-7-20-6-5-12(9)19-15/h3-4,8H,1-2,5-7H2,(H,18,19). The van der Waals surface area contributed by atoms with Crippen LogP contribution in [0.15, 0.2) is 16.6 Å². The lowest BCUT2D eigenvalue weighted by Crippen LogP contribution is -2.16. The Morgan fingerprint density at radius 3 is 3.00 bits per heavy atom. The van der Waals surface area contributed by atoms with Crippen molar-refractivity contribution in [3.05, 3.63) is 33.7 Å². The number of anilines is 1. The molecule has 5 heteroatoms. The van der Waals surface area contributed by atoms with E-state index in [1.807, 2.05) is 0 Å². The van der Waals surface area contributed by atoms with Crippen LogP contribution in [-0.2, 0) is 17.8 Å². The fourth-order valence-electron chi connectivity index (χ4n) is 2.68. The van der Waals surface area contributed by atoms with Gasteiger partial charge in [-0.05, 0) is 25.0 Å². The minimum absolute atomic E-state index is 0.267. The highest BCUT2D eigenvalue weighted by molar-refractivity contribution is 9.10. The van der Waals surface area contributed by atoms with Gasteiger partial charge in [0.25, 0.3) is 0 Å². The minimum atomic E-state index is -0.267. The van der Waals surface area contributed by atoms with Crippen LogP contribution in [0.5, 0.6) is 0 Å². The predicted molar refractivity (Wildman–Crippen MR) is 79.4 cm³/mol. The summed E-state index contributed by atoms with van der Waals surface area (Å²) in [5.74, 6) is -0.267. The van der Waals surface area contributed by atoms with Gasteiger partial charge in [-0.1, -0.05) is 15.9 Å². The Morgan fingerprint density at radius 2 is 2.20 bits per heavy atom. The number of benzene rings is 1. The Balaban J connectivity index is 2.03. The Bertz CT molecular complexity index is 700. The van der Waals surface area contributed by atoms with Crippen molar-refractivity contribution in [3.63, 3.8) is 0 Å². The summed E-state index contributed by atoms with van der Waals surface area (Å²) in [4.78, 5) is 4.54. The molecule has 0 radical (unpaired) electrons. The summed E-state index contributed by atoms with van der Waals surface area (Å²) in [6, 6.07) is 3.71. The molecular formula is C15H14BrFN2O. The third kappa shape index (κ3) is 2.00. The van der Waals surface area contributed by atoms with Gasteiger partial charge < -0.3 is 10.1 Å². The first-order chi connectivity index (χ1) is 9.74. The normalized spacial score (nSPS) is 18.1. The molecule has 1 fully saturated rings. The third-order valence-corrected chi connectivity index (χ3v) is 4.54. The van der Waals surface area contributed by atoms with Gasteiger partial charge in [-0.3, -0.25) is 0 Å². The molecule has 2 heterocycles. The van der Waals surface area contributed by atoms with E-state index in [1.165, 1.54) is 18.9 Å².